The number of ether oxygens (including phenoxy) is 1. The fourth-order valence-corrected chi connectivity index (χ4v) is 3.01. The van der Waals surface area contributed by atoms with Gasteiger partial charge in [-0.25, -0.2) is 10.2 Å². The van der Waals surface area contributed by atoms with Gasteiger partial charge in [0.15, 0.2) is 0 Å². The molecule has 3 rings (SSSR count). The topological polar surface area (TPSA) is 96.9 Å². The predicted octanol–water partition coefficient (Wildman–Crippen LogP) is 4.41. The maximum absolute atomic E-state index is 12.4. The number of hydrogen-bond donors (Lipinski definition) is 2. The van der Waals surface area contributed by atoms with Gasteiger partial charge >= 0.3 is 17.8 Å². The molecule has 0 bridgehead atoms. The summed E-state index contributed by atoms with van der Waals surface area (Å²) >= 11 is 9.36. The van der Waals surface area contributed by atoms with Crippen molar-refractivity contribution in [3.05, 3.63) is 93.4 Å². The fraction of sp³-hybridized carbons (Fsp3) is 0. The molecule has 0 saturated carbocycles. The molecule has 31 heavy (non-hydrogen) atoms. The van der Waals surface area contributed by atoms with Crippen molar-refractivity contribution in [2.75, 3.05) is 5.32 Å². The minimum Gasteiger partial charge on any atom is -0.422 e. The Balaban J connectivity index is 1.68. The van der Waals surface area contributed by atoms with E-state index in [9.17, 15) is 14.4 Å². The van der Waals surface area contributed by atoms with E-state index in [-0.39, 0.29) is 16.3 Å². The Morgan fingerprint density at radius 3 is 2.39 bits per heavy atom. The molecule has 0 aliphatic carbocycles. The van der Waals surface area contributed by atoms with Gasteiger partial charge in [-0.2, -0.15) is 5.10 Å². The lowest BCUT2D eigenvalue weighted by molar-refractivity contribution is -0.136. The molecule has 156 valence electrons. The number of carbonyl (C=O) groups excluding carboxylic acids is 3. The normalized spacial score (nSPS) is 10.5. The van der Waals surface area contributed by atoms with Crippen LogP contribution in [0.1, 0.15) is 15.9 Å². The highest BCUT2D eigenvalue weighted by Gasteiger charge is 2.15. The highest BCUT2D eigenvalue weighted by molar-refractivity contribution is 9.10. The number of anilines is 1. The Kier molecular flexibility index (Phi) is 7.53. The number of rotatable bonds is 5. The zero-order chi connectivity index (χ0) is 22.2. The quantitative estimate of drug-likeness (QED) is 0.178. The van der Waals surface area contributed by atoms with E-state index in [0.717, 1.165) is 0 Å². The second-order valence-corrected chi connectivity index (χ2v) is 7.39. The minimum atomic E-state index is -0.954. The molecule has 9 heteroatoms. The SMILES string of the molecule is O=C(NN=Cc1cc(Br)ccc1OC(=O)c1ccccc1Cl)C(=O)Nc1ccccc1. The van der Waals surface area contributed by atoms with E-state index in [1.54, 1.807) is 72.8 Å². The van der Waals surface area contributed by atoms with Gasteiger partial charge < -0.3 is 10.1 Å². The number of carbonyl (C=O) groups is 3. The lowest BCUT2D eigenvalue weighted by Crippen LogP contribution is -2.32. The molecular weight excluding hydrogens is 486 g/mol. The molecule has 0 aliphatic rings. The predicted molar refractivity (Wildman–Crippen MR) is 121 cm³/mol. The Hall–Kier alpha value is -3.49. The Morgan fingerprint density at radius 1 is 0.935 bits per heavy atom. The van der Waals surface area contributed by atoms with Crippen LogP contribution in [0.4, 0.5) is 5.69 Å². The third-order valence-corrected chi connectivity index (χ3v) is 4.70. The first kappa shape index (κ1) is 22.2. The molecule has 0 radical (unpaired) electrons. The lowest BCUT2D eigenvalue weighted by Gasteiger charge is -2.09. The summed E-state index contributed by atoms with van der Waals surface area (Å²) in [7, 11) is 0. The van der Waals surface area contributed by atoms with Crippen molar-refractivity contribution < 1.29 is 19.1 Å². The number of hydrazone groups is 1. The number of nitrogens with zero attached hydrogens (tertiary/aromatic N) is 1. The van der Waals surface area contributed by atoms with E-state index in [0.29, 0.717) is 15.7 Å². The number of halogens is 2. The monoisotopic (exact) mass is 499 g/mol. The molecule has 7 nitrogen and oxygen atoms in total. The Bertz CT molecular complexity index is 1150. The van der Waals surface area contributed by atoms with Crippen molar-refractivity contribution in [2.45, 2.75) is 0 Å². The van der Waals surface area contributed by atoms with Crippen LogP contribution in [0, 0.1) is 0 Å². The first-order valence-corrected chi connectivity index (χ1v) is 10.1. The fourth-order valence-electron chi connectivity index (χ4n) is 2.42. The summed E-state index contributed by atoms with van der Waals surface area (Å²) in [5.41, 5.74) is 3.21. The van der Waals surface area contributed by atoms with E-state index in [1.807, 2.05) is 0 Å². The molecule has 3 aromatic rings. The van der Waals surface area contributed by atoms with Crippen LogP contribution < -0.4 is 15.5 Å². The van der Waals surface area contributed by atoms with Crippen LogP contribution in [0.2, 0.25) is 5.02 Å². The first-order valence-electron chi connectivity index (χ1n) is 8.90. The first-order chi connectivity index (χ1) is 14.9. The molecule has 0 atom stereocenters. The zero-order valence-corrected chi connectivity index (χ0v) is 18.2. The third kappa shape index (κ3) is 6.24. The number of nitrogens with one attached hydrogen (secondary N) is 2. The van der Waals surface area contributed by atoms with Crippen molar-refractivity contribution in [2.24, 2.45) is 5.10 Å². The van der Waals surface area contributed by atoms with Gasteiger partial charge in [-0.15, -0.1) is 0 Å². The second-order valence-electron chi connectivity index (χ2n) is 6.07. The van der Waals surface area contributed by atoms with E-state index in [2.05, 4.69) is 31.8 Å². The molecule has 0 aliphatic heterocycles. The summed E-state index contributed by atoms with van der Waals surface area (Å²) in [5.74, 6) is -2.28. The molecule has 0 saturated heterocycles. The van der Waals surface area contributed by atoms with Gasteiger partial charge in [-0.3, -0.25) is 9.59 Å². The van der Waals surface area contributed by atoms with Gasteiger partial charge in [0.1, 0.15) is 5.75 Å². The van der Waals surface area contributed by atoms with Gasteiger partial charge in [0, 0.05) is 15.7 Å². The molecule has 0 spiro atoms. The highest BCUT2D eigenvalue weighted by atomic mass is 79.9. The van der Waals surface area contributed by atoms with Crippen LogP contribution in [0.3, 0.4) is 0 Å². The van der Waals surface area contributed by atoms with Crippen molar-refractivity contribution >= 4 is 57.2 Å². The highest BCUT2D eigenvalue weighted by Crippen LogP contribution is 2.24. The third-order valence-electron chi connectivity index (χ3n) is 3.88. The van der Waals surface area contributed by atoms with Gasteiger partial charge in [0.25, 0.3) is 0 Å². The van der Waals surface area contributed by atoms with Crippen LogP contribution in [0.25, 0.3) is 0 Å². The van der Waals surface area contributed by atoms with Crippen LogP contribution in [0.5, 0.6) is 5.75 Å². The van der Waals surface area contributed by atoms with Gasteiger partial charge in [-0.1, -0.05) is 57.9 Å². The van der Waals surface area contributed by atoms with Crippen LogP contribution in [-0.2, 0) is 9.59 Å². The smallest absolute Gasteiger partial charge is 0.345 e. The zero-order valence-electron chi connectivity index (χ0n) is 15.8. The van der Waals surface area contributed by atoms with Crippen molar-refractivity contribution in [3.63, 3.8) is 0 Å². The molecule has 3 aromatic carbocycles. The summed E-state index contributed by atoms with van der Waals surface area (Å²) in [4.78, 5) is 36.3. The summed E-state index contributed by atoms with van der Waals surface area (Å²) in [6, 6.07) is 19.9. The summed E-state index contributed by atoms with van der Waals surface area (Å²) in [5, 5.41) is 6.49. The van der Waals surface area contributed by atoms with Crippen LogP contribution in [0.15, 0.2) is 82.4 Å². The molecular formula is C22H15BrClN3O4. The molecule has 0 fully saturated rings. The largest absolute Gasteiger partial charge is 0.422 e. The molecule has 0 aromatic heterocycles. The van der Waals surface area contributed by atoms with Gasteiger partial charge in [-0.05, 0) is 42.5 Å². The number of benzene rings is 3. The summed E-state index contributed by atoms with van der Waals surface area (Å²) < 4.78 is 6.12. The number of amides is 2. The average molecular weight is 501 g/mol. The van der Waals surface area contributed by atoms with E-state index < -0.39 is 17.8 Å². The van der Waals surface area contributed by atoms with Crippen LogP contribution in [-0.4, -0.2) is 24.0 Å². The maximum atomic E-state index is 12.4. The molecule has 2 N–H and O–H groups in total. The average Bonchev–Trinajstić information content (AvgIpc) is 2.76. The minimum absolute atomic E-state index is 0.194. The molecule has 2 amide bonds. The molecule has 0 unspecified atom stereocenters. The van der Waals surface area contributed by atoms with Crippen molar-refractivity contribution in [3.8, 4) is 5.75 Å². The molecule has 0 heterocycles. The van der Waals surface area contributed by atoms with E-state index in [4.69, 9.17) is 16.3 Å². The standard InChI is InChI=1S/C22H15BrClN3O4/c23-15-10-11-19(31-22(30)17-8-4-5-9-18(17)24)14(12-15)13-25-27-21(29)20(28)26-16-6-2-1-3-7-16/h1-13H,(H,26,28)(H,27,29). The van der Waals surface area contributed by atoms with Crippen molar-refractivity contribution in [1.29, 1.82) is 0 Å². The summed E-state index contributed by atoms with van der Waals surface area (Å²) in [6.45, 7) is 0. The van der Waals surface area contributed by atoms with E-state index >= 15 is 0 Å². The van der Waals surface area contributed by atoms with Crippen LogP contribution >= 0.6 is 27.5 Å². The Labute approximate surface area is 191 Å². The van der Waals surface area contributed by atoms with Gasteiger partial charge in [0.05, 0.1) is 16.8 Å². The van der Waals surface area contributed by atoms with Gasteiger partial charge in [0.2, 0.25) is 0 Å². The Morgan fingerprint density at radius 2 is 1.65 bits per heavy atom. The maximum Gasteiger partial charge on any atom is 0.345 e. The lowest BCUT2D eigenvalue weighted by atomic mass is 10.2. The second kappa shape index (κ2) is 10.5. The van der Waals surface area contributed by atoms with E-state index in [1.165, 1.54) is 6.21 Å². The van der Waals surface area contributed by atoms with Crippen molar-refractivity contribution in [1.82, 2.24) is 5.43 Å². The number of esters is 1. The number of para-hydroxylation sites is 1. The number of hydrogen-bond acceptors (Lipinski definition) is 5. The summed E-state index contributed by atoms with van der Waals surface area (Å²) in [6.07, 6.45) is 1.26.